The van der Waals surface area contributed by atoms with Crippen molar-refractivity contribution in [3.05, 3.63) is 17.7 Å². The Hall–Kier alpha value is -1.09. The lowest BCUT2D eigenvalue weighted by Gasteiger charge is -2.56. The summed E-state index contributed by atoms with van der Waals surface area (Å²) in [5.41, 5.74) is 1.77. The molecule has 4 aliphatic rings. The molecule has 0 unspecified atom stereocenters. The maximum atomic E-state index is 12.9. The highest BCUT2D eigenvalue weighted by molar-refractivity contribution is 7.89. The van der Waals surface area contributed by atoms with Gasteiger partial charge in [-0.1, -0.05) is 6.07 Å². The Labute approximate surface area is 164 Å². The molecule has 1 N–H and O–H groups in total. The van der Waals surface area contributed by atoms with E-state index < -0.39 is 10.0 Å². The Morgan fingerprint density at radius 3 is 2.48 bits per heavy atom. The van der Waals surface area contributed by atoms with Gasteiger partial charge in [0.1, 0.15) is 15.9 Å². The first-order valence-electron chi connectivity index (χ1n) is 9.80. The van der Waals surface area contributed by atoms with E-state index >= 15 is 0 Å². The second-order valence-corrected chi connectivity index (χ2v) is 10.9. The van der Waals surface area contributed by atoms with Crippen LogP contribution in [0.5, 0.6) is 0 Å². The first-order valence-corrected chi connectivity index (χ1v) is 12.0. The lowest BCUT2D eigenvalue weighted by Crippen LogP contribution is -2.52. The zero-order valence-corrected chi connectivity index (χ0v) is 17.1. The molecule has 4 bridgehead atoms. The fraction of sp³-hybridized carbons (Fsp3) is 0.684. The molecule has 8 heteroatoms. The molecule has 0 spiro atoms. The van der Waals surface area contributed by atoms with Crippen molar-refractivity contribution < 1.29 is 13.2 Å². The van der Waals surface area contributed by atoms with E-state index in [0.29, 0.717) is 23.2 Å². The van der Waals surface area contributed by atoms with Crippen molar-refractivity contribution in [2.45, 2.75) is 55.9 Å². The molecule has 1 heterocycles. The van der Waals surface area contributed by atoms with Gasteiger partial charge in [-0.2, -0.15) is 8.75 Å². The molecule has 27 heavy (non-hydrogen) atoms. The van der Waals surface area contributed by atoms with Crippen LogP contribution in [-0.2, 0) is 14.8 Å². The van der Waals surface area contributed by atoms with Gasteiger partial charge in [0, 0.05) is 6.54 Å². The van der Waals surface area contributed by atoms with Gasteiger partial charge in [-0.15, -0.1) is 0 Å². The lowest BCUT2D eigenvalue weighted by atomic mass is 9.54. The molecule has 4 fully saturated rings. The zero-order valence-electron chi connectivity index (χ0n) is 15.5. The van der Waals surface area contributed by atoms with Crippen LogP contribution in [0.25, 0.3) is 11.0 Å². The van der Waals surface area contributed by atoms with Crippen LogP contribution in [0.1, 0.15) is 44.1 Å². The Bertz CT molecular complexity index is 934. The zero-order chi connectivity index (χ0) is 18.6. The number of ether oxygens (including phenoxy) is 1. The minimum Gasteiger partial charge on any atom is -0.374 e. The number of benzene rings is 1. The van der Waals surface area contributed by atoms with Crippen molar-refractivity contribution in [1.82, 2.24) is 13.5 Å². The van der Waals surface area contributed by atoms with Gasteiger partial charge in [0.15, 0.2) is 0 Å². The number of nitrogens with zero attached hydrogens (tertiary/aromatic N) is 2. The summed E-state index contributed by atoms with van der Waals surface area (Å²) >= 11 is 1.04. The van der Waals surface area contributed by atoms with Gasteiger partial charge >= 0.3 is 0 Å². The van der Waals surface area contributed by atoms with Crippen LogP contribution < -0.4 is 4.72 Å². The Morgan fingerprint density at radius 2 is 1.81 bits per heavy atom. The Kier molecular flexibility index (Phi) is 4.31. The van der Waals surface area contributed by atoms with E-state index in [0.717, 1.165) is 48.7 Å². The molecule has 6 nitrogen and oxygen atoms in total. The molecule has 0 amide bonds. The van der Waals surface area contributed by atoms with Gasteiger partial charge in [0.05, 0.1) is 23.9 Å². The van der Waals surface area contributed by atoms with E-state index in [-0.39, 0.29) is 17.0 Å². The molecule has 1 aromatic heterocycles. The molecule has 0 radical (unpaired) electrons. The number of aryl methyl sites for hydroxylation is 1. The highest BCUT2D eigenvalue weighted by Gasteiger charge is 2.51. The standard InChI is InChI=1S/C19H25N3O3S2/c1-12-2-3-16-17(22-26-21-16)18(12)27(23,24)20-4-5-25-19-9-13-6-14(10-19)8-15(7-13)11-19/h2-3,13-15,20H,4-11H2,1H3. The van der Waals surface area contributed by atoms with Gasteiger partial charge in [0.2, 0.25) is 10.0 Å². The molecule has 4 saturated carbocycles. The number of hydrogen-bond acceptors (Lipinski definition) is 6. The highest BCUT2D eigenvalue weighted by atomic mass is 32.2. The van der Waals surface area contributed by atoms with E-state index in [1.54, 1.807) is 13.0 Å². The quantitative estimate of drug-likeness (QED) is 0.744. The average molecular weight is 408 g/mol. The molecule has 0 aliphatic heterocycles. The first-order chi connectivity index (χ1) is 12.9. The summed E-state index contributed by atoms with van der Waals surface area (Å²) in [7, 11) is -3.64. The average Bonchev–Trinajstić information content (AvgIpc) is 3.05. The summed E-state index contributed by atoms with van der Waals surface area (Å²) in [6.07, 6.45) is 7.61. The van der Waals surface area contributed by atoms with Crippen LogP contribution in [0.15, 0.2) is 17.0 Å². The van der Waals surface area contributed by atoms with Gasteiger partial charge in [-0.05, 0) is 74.8 Å². The summed E-state index contributed by atoms with van der Waals surface area (Å²) in [5, 5.41) is 0. The number of sulfonamides is 1. The van der Waals surface area contributed by atoms with Gasteiger partial charge < -0.3 is 4.74 Å². The molecule has 0 saturated heterocycles. The molecule has 0 atom stereocenters. The number of aromatic nitrogens is 2. The van der Waals surface area contributed by atoms with E-state index in [2.05, 4.69) is 13.5 Å². The monoisotopic (exact) mass is 407 g/mol. The maximum absolute atomic E-state index is 12.9. The predicted molar refractivity (Wildman–Crippen MR) is 104 cm³/mol. The topological polar surface area (TPSA) is 81.2 Å². The lowest BCUT2D eigenvalue weighted by molar-refractivity contribution is -0.160. The van der Waals surface area contributed by atoms with Crippen molar-refractivity contribution in [2.24, 2.45) is 17.8 Å². The molecule has 2 aromatic rings. The van der Waals surface area contributed by atoms with Gasteiger partial charge in [-0.25, -0.2) is 13.1 Å². The van der Waals surface area contributed by atoms with Crippen LogP contribution in [0.3, 0.4) is 0 Å². The Balaban J connectivity index is 1.25. The smallest absolute Gasteiger partial charge is 0.243 e. The second kappa shape index (κ2) is 6.47. The molecular weight excluding hydrogens is 382 g/mol. The van der Waals surface area contributed by atoms with E-state index in [1.807, 2.05) is 6.07 Å². The number of rotatable bonds is 6. The SMILES string of the molecule is Cc1ccc2nsnc2c1S(=O)(=O)NCCOC12CC3CC(CC(C3)C1)C2. The normalized spacial score (nSPS) is 32.4. The van der Waals surface area contributed by atoms with Crippen molar-refractivity contribution in [2.75, 3.05) is 13.2 Å². The van der Waals surface area contributed by atoms with Crippen LogP contribution in [-0.4, -0.2) is 35.9 Å². The third-order valence-electron chi connectivity index (χ3n) is 6.63. The maximum Gasteiger partial charge on any atom is 0.243 e. The van der Waals surface area contributed by atoms with E-state index in [9.17, 15) is 8.42 Å². The van der Waals surface area contributed by atoms with Crippen molar-refractivity contribution in [1.29, 1.82) is 0 Å². The largest absolute Gasteiger partial charge is 0.374 e. The minimum absolute atomic E-state index is 0.00888. The van der Waals surface area contributed by atoms with E-state index in [4.69, 9.17) is 4.74 Å². The van der Waals surface area contributed by atoms with Crippen molar-refractivity contribution in [3.63, 3.8) is 0 Å². The van der Waals surface area contributed by atoms with Crippen LogP contribution in [0.2, 0.25) is 0 Å². The number of nitrogens with one attached hydrogen (secondary N) is 1. The molecule has 1 aromatic carbocycles. The fourth-order valence-electron chi connectivity index (χ4n) is 5.99. The molecule has 146 valence electrons. The summed E-state index contributed by atoms with van der Waals surface area (Å²) < 4.78 is 43.1. The van der Waals surface area contributed by atoms with Gasteiger partial charge in [0.25, 0.3) is 0 Å². The molecular formula is C19H25N3O3S2. The summed E-state index contributed by atoms with van der Waals surface area (Å²) in [6.45, 7) is 2.51. The predicted octanol–water partition coefficient (Wildman–Crippen LogP) is 3.26. The highest BCUT2D eigenvalue weighted by Crippen LogP contribution is 2.57. The van der Waals surface area contributed by atoms with Crippen molar-refractivity contribution >= 4 is 32.8 Å². The molecule has 4 aliphatic carbocycles. The third-order valence-corrected chi connectivity index (χ3v) is 8.81. The number of hydrogen-bond donors (Lipinski definition) is 1. The first kappa shape index (κ1) is 18.0. The Morgan fingerprint density at radius 1 is 1.15 bits per heavy atom. The fourth-order valence-corrected chi connectivity index (χ4v) is 7.99. The minimum atomic E-state index is -3.64. The van der Waals surface area contributed by atoms with Crippen molar-refractivity contribution in [3.8, 4) is 0 Å². The van der Waals surface area contributed by atoms with Crippen LogP contribution in [0.4, 0.5) is 0 Å². The van der Waals surface area contributed by atoms with Crippen LogP contribution >= 0.6 is 11.7 Å². The summed E-state index contributed by atoms with van der Waals surface area (Å²) in [6, 6.07) is 3.59. The molecule has 6 rings (SSSR count). The summed E-state index contributed by atoms with van der Waals surface area (Å²) in [4.78, 5) is 0.239. The number of fused-ring (bicyclic) bond motifs is 1. The van der Waals surface area contributed by atoms with Crippen LogP contribution in [0, 0.1) is 24.7 Å². The third kappa shape index (κ3) is 3.20. The second-order valence-electron chi connectivity index (χ2n) is 8.69. The van der Waals surface area contributed by atoms with Gasteiger partial charge in [-0.3, -0.25) is 0 Å². The van der Waals surface area contributed by atoms with E-state index in [1.165, 1.54) is 19.3 Å². The summed E-state index contributed by atoms with van der Waals surface area (Å²) in [5.74, 6) is 2.47.